The Morgan fingerprint density at radius 3 is 1.92 bits per heavy atom. The van der Waals surface area contributed by atoms with Crippen LogP contribution in [0.1, 0.15) is 19.7 Å². The van der Waals surface area contributed by atoms with Gasteiger partial charge in [0, 0.05) is 0 Å². The van der Waals surface area contributed by atoms with Crippen LogP contribution in [-0.4, -0.2) is 72.0 Å². The van der Waals surface area contributed by atoms with E-state index in [4.69, 9.17) is 12.5 Å². The van der Waals surface area contributed by atoms with Crippen molar-refractivity contribution in [2.24, 2.45) is 0 Å². The van der Waals surface area contributed by atoms with Crippen molar-refractivity contribution in [3.8, 4) is 39.1 Å². The molecule has 0 unspecified atom stereocenters. The van der Waals surface area contributed by atoms with Crippen LogP contribution in [-0.2, 0) is 6.42 Å². The first kappa shape index (κ1) is 34.6. The van der Waals surface area contributed by atoms with Crippen molar-refractivity contribution in [2.45, 2.75) is 20.3 Å². The molecule has 0 N–H and O–H groups in total. The quantitative estimate of drug-likeness (QED) is 0.216. The number of benzene rings is 6. The summed E-state index contributed by atoms with van der Waals surface area (Å²) in [5, 5.41) is 4.88. The molecule has 2 nitrogen and oxygen atoms in total. The Kier molecular flexibility index (Phi) is 9.31. The number of hydrogen-bond donors (Lipinski definition) is 0. The average molecular weight is 647 g/mol. The third-order valence-corrected chi connectivity index (χ3v) is 11.3. The van der Waals surface area contributed by atoms with Gasteiger partial charge in [-0.2, -0.15) is 0 Å². The number of rotatable bonds is 6. The molecule has 0 saturated heterocycles. The number of para-hydroxylation sites is 2. The SMILES string of the molecule is B=c1c(-c2ccccc2-c2ccccc2)c2c(B)c(B)c(B)c(B)c2c(-c2cccc(-n3c(CC)nc4ccccc43)c2)/c1=C(B)/C(B)=C(/B)C. The van der Waals surface area contributed by atoms with Crippen molar-refractivity contribution in [1.82, 2.24) is 9.55 Å². The molecule has 0 amide bonds. The summed E-state index contributed by atoms with van der Waals surface area (Å²) in [4.78, 5) is 5.03. The zero-order chi connectivity index (χ0) is 36.1. The predicted octanol–water partition coefficient (Wildman–Crippen LogP) is -0.834. The Bertz CT molecular complexity index is 2680. The Morgan fingerprint density at radius 1 is 0.667 bits per heavy atom. The number of aryl methyl sites for hydroxylation is 1. The summed E-state index contributed by atoms with van der Waals surface area (Å²) in [6.45, 7) is 4.40. The maximum absolute atomic E-state index is 5.04. The van der Waals surface area contributed by atoms with E-state index in [2.05, 4.69) is 176 Å². The molecule has 10 heteroatoms. The van der Waals surface area contributed by atoms with Gasteiger partial charge in [-0.3, -0.25) is 0 Å². The summed E-state index contributed by atoms with van der Waals surface area (Å²) in [5.74, 6) is 1.06. The molecule has 0 radical (unpaired) electrons. The summed E-state index contributed by atoms with van der Waals surface area (Å²) in [6, 6.07) is 37.2. The third kappa shape index (κ3) is 5.74. The van der Waals surface area contributed by atoms with Gasteiger partial charge in [0.2, 0.25) is 0 Å². The molecule has 0 aliphatic carbocycles. The van der Waals surface area contributed by atoms with Crippen LogP contribution in [0.5, 0.6) is 0 Å². The molecule has 7 aromatic rings. The molecule has 0 saturated carbocycles. The van der Waals surface area contributed by atoms with Crippen LogP contribution in [0, 0.1) is 5.11 Å². The van der Waals surface area contributed by atoms with E-state index in [0.29, 0.717) is 0 Å². The maximum atomic E-state index is 5.04. The molecular formula is C41H40B8N2. The first-order valence-corrected chi connectivity index (χ1v) is 18.2. The topological polar surface area (TPSA) is 17.8 Å². The van der Waals surface area contributed by atoms with E-state index in [0.717, 1.165) is 34.1 Å². The van der Waals surface area contributed by atoms with E-state index < -0.39 is 0 Å². The van der Waals surface area contributed by atoms with E-state index in [1.54, 1.807) is 0 Å². The second-order valence-corrected chi connectivity index (χ2v) is 14.3. The van der Waals surface area contributed by atoms with E-state index in [9.17, 15) is 0 Å². The van der Waals surface area contributed by atoms with Crippen LogP contribution in [0.15, 0.2) is 114 Å². The zero-order valence-electron chi connectivity index (χ0n) is 31.6. The van der Waals surface area contributed by atoms with Crippen LogP contribution >= 0.6 is 0 Å². The van der Waals surface area contributed by atoms with E-state index in [-0.39, 0.29) is 0 Å². The van der Waals surface area contributed by atoms with E-state index >= 15 is 0 Å². The van der Waals surface area contributed by atoms with Crippen molar-refractivity contribution in [2.75, 3.05) is 0 Å². The Morgan fingerprint density at radius 2 is 1.25 bits per heavy atom. The van der Waals surface area contributed by atoms with Crippen molar-refractivity contribution < 1.29 is 0 Å². The minimum absolute atomic E-state index is 0.842. The summed E-state index contributed by atoms with van der Waals surface area (Å²) in [6.07, 6.45) is 0.842. The number of imidazole rings is 1. The van der Waals surface area contributed by atoms with Crippen molar-refractivity contribution in [3.05, 3.63) is 130 Å². The second-order valence-electron chi connectivity index (χ2n) is 14.3. The molecule has 1 aromatic heterocycles. The second kappa shape index (κ2) is 13.7. The molecule has 1 heterocycles. The van der Waals surface area contributed by atoms with Crippen LogP contribution in [0.2, 0.25) is 0 Å². The van der Waals surface area contributed by atoms with Gasteiger partial charge in [-0.05, 0) is 0 Å². The summed E-state index contributed by atoms with van der Waals surface area (Å²) >= 11 is 0. The Labute approximate surface area is 309 Å². The van der Waals surface area contributed by atoms with Crippen molar-refractivity contribution in [3.63, 3.8) is 0 Å². The molecule has 0 spiro atoms. The number of aromatic nitrogens is 2. The molecule has 7 rings (SSSR count). The van der Waals surface area contributed by atoms with Gasteiger partial charge in [0.25, 0.3) is 0 Å². The van der Waals surface area contributed by atoms with Crippen LogP contribution in [0.3, 0.4) is 0 Å². The summed E-state index contributed by atoms with van der Waals surface area (Å²) < 4.78 is 2.34. The fraction of sp³-hybridized carbons (Fsp3) is 0.0732. The number of nitrogens with zero attached hydrogens (tertiary/aromatic N) is 2. The van der Waals surface area contributed by atoms with Crippen LogP contribution in [0.25, 0.3) is 66.3 Å². The molecule has 0 atom stereocenters. The van der Waals surface area contributed by atoms with Gasteiger partial charge < -0.3 is 0 Å². The number of allylic oxidation sites excluding steroid dienone is 2. The predicted molar refractivity (Wildman–Crippen MR) is 244 cm³/mol. The molecule has 238 valence electrons. The average Bonchev–Trinajstić information content (AvgIpc) is 3.54. The first-order chi connectivity index (χ1) is 24.5. The molecule has 0 fully saturated rings. The van der Waals surface area contributed by atoms with Gasteiger partial charge in [0.15, 0.2) is 0 Å². The van der Waals surface area contributed by atoms with Gasteiger partial charge in [-0.1, -0.05) is 0 Å². The molecular weight excluding hydrogens is 607 g/mol. The summed E-state index contributed by atoms with van der Waals surface area (Å²) in [7, 11) is 21.0. The van der Waals surface area contributed by atoms with E-state index in [1.165, 1.54) is 87.6 Å². The van der Waals surface area contributed by atoms with Crippen LogP contribution < -0.4 is 27.1 Å². The first-order valence-electron chi connectivity index (χ1n) is 18.2. The standard InChI is InChI=1S/C41H40B8N2/c1-3-29-50-27-18-9-10-19-28(27)51(29)24-15-11-14-23(20-24)30-32-33(38(46)41(49)40(48)37(32)45)31(36(44)34(30)39(47)35(43)21(2)42)26-17-8-7-16-25(26)22-12-5-4-6-13-22/h4-20,44H,3,42-43,45-49H2,1-2H3/b35-21-,39-34+. The third-order valence-electron chi connectivity index (χ3n) is 11.3. The molecule has 0 bridgehead atoms. The van der Waals surface area contributed by atoms with Gasteiger partial charge >= 0.3 is 311 Å². The Balaban J connectivity index is 1.71. The normalized spacial score (nSPS) is 12.6. The molecule has 0 aliphatic heterocycles. The summed E-state index contributed by atoms with van der Waals surface area (Å²) in [5.41, 5.74) is 19.7. The Hall–Kier alpha value is -4.82. The monoisotopic (exact) mass is 648 g/mol. The molecule has 51 heavy (non-hydrogen) atoms. The fourth-order valence-electron chi connectivity index (χ4n) is 8.02. The van der Waals surface area contributed by atoms with Crippen molar-refractivity contribution in [1.29, 1.82) is 0 Å². The number of fused-ring (bicyclic) bond motifs is 2. The fourth-order valence-corrected chi connectivity index (χ4v) is 8.02. The number of hydrogen-bond acceptors (Lipinski definition) is 1. The van der Waals surface area contributed by atoms with Crippen LogP contribution in [0.4, 0.5) is 0 Å². The molecule has 0 aliphatic rings. The zero-order valence-corrected chi connectivity index (χ0v) is 31.6. The van der Waals surface area contributed by atoms with Crippen molar-refractivity contribution >= 4 is 112 Å². The van der Waals surface area contributed by atoms with Gasteiger partial charge in [0.1, 0.15) is 0 Å². The molecule has 6 aromatic carbocycles. The van der Waals surface area contributed by atoms with Gasteiger partial charge in [0.05, 0.1) is 0 Å². The van der Waals surface area contributed by atoms with E-state index in [1.807, 2.05) is 0 Å². The van der Waals surface area contributed by atoms with Gasteiger partial charge in [-0.15, -0.1) is 0 Å². The van der Waals surface area contributed by atoms with Gasteiger partial charge in [-0.25, -0.2) is 0 Å². The minimum atomic E-state index is 0.842.